The van der Waals surface area contributed by atoms with Crippen molar-refractivity contribution in [1.82, 2.24) is 19.7 Å². The number of aromatic amines is 1. The Morgan fingerprint density at radius 1 is 1.06 bits per heavy atom. The maximum absolute atomic E-state index is 4.45. The normalized spacial score (nSPS) is 10.5. The summed E-state index contributed by atoms with van der Waals surface area (Å²) >= 11 is 0. The molecule has 0 aliphatic rings. The smallest absolute Gasteiger partial charge is 0.157 e. The fourth-order valence-electron chi connectivity index (χ4n) is 1.58. The average molecular weight is 210 g/mol. The van der Waals surface area contributed by atoms with Crippen LogP contribution >= 0.6 is 0 Å². The zero-order chi connectivity index (χ0) is 10.8. The van der Waals surface area contributed by atoms with Gasteiger partial charge in [0.2, 0.25) is 0 Å². The number of imidazole rings is 1. The molecule has 0 bridgehead atoms. The molecule has 0 fully saturated rings. The lowest BCUT2D eigenvalue weighted by atomic mass is 10.3. The Morgan fingerprint density at radius 2 is 1.94 bits per heavy atom. The highest BCUT2D eigenvalue weighted by atomic mass is 15.3. The first-order chi connectivity index (χ1) is 7.93. The third-order valence-corrected chi connectivity index (χ3v) is 2.35. The van der Waals surface area contributed by atoms with Crippen molar-refractivity contribution in [2.24, 2.45) is 0 Å². The molecule has 16 heavy (non-hydrogen) atoms. The van der Waals surface area contributed by atoms with Crippen molar-refractivity contribution in [1.29, 1.82) is 0 Å². The van der Waals surface area contributed by atoms with Crippen molar-refractivity contribution in [2.45, 2.75) is 0 Å². The summed E-state index contributed by atoms with van der Waals surface area (Å²) in [4.78, 5) is 7.19. The number of H-pyrrole nitrogens is 1. The predicted molar refractivity (Wildman–Crippen MR) is 61.1 cm³/mol. The van der Waals surface area contributed by atoms with E-state index in [1.165, 1.54) is 0 Å². The van der Waals surface area contributed by atoms with E-state index in [1.807, 2.05) is 47.3 Å². The van der Waals surface area contributed by atoms with E-state index in [-0.39, 0.29) is 0 Å². The Kier molecular flexibility index (Phi) is 2.04. The third-order valence-electron chi connectivity index (χ3n) is 2.35. The molecule has 0 atom stereocenters. The molecule has 0 saturated carbocycles. The summed E-state index contributed by atoms with van der Waals surface area (Å²) in [5.74, 6) is 0.787. The van der Waals surface area contributed by atoms with E-state index in [4.69, 9.17) is 0 Å². The number of para-hydroxylation sites is 1. The fourth-order valence-corrected chi connectivity index (χ4v) is 1.58. The lowest BCUT2D eigenvalue weighted by Crippen LogP contribution is -1.94. The molecule has 4 heteroatoms. The summed E-state index contributed by atoms with van der Waals surface area (Å²) in [5.41, 5.74) is 1.88. The summed E-state index contributed by atoms with van der Waals surface area (Å²) in [5, 5.41) is 4.45. The minimum absolute atomic E-state index is 0.787. The Labute approximate surface area is 92.6 Å². The third kappa shape index (κ3) is 1.50. The molecule has 0 aliphatic carbocycles. The van der Waals surface area contributed by atoms with Gasteiger partial charge in [0.25, 0.3) is 0 Å². The summed E-state index contributed by atoms with van der Waals surface area (Å²) in [6, 6.07) is 11.9. The van der Waals surface area contributed by atoms with Crippen molar-refractivity contribution >= 4 is 0 Å². The van der Waals surface area contributed by atoms with Crippen LogP contribution in [0.25, 0.3) is 17.2 Å². The maximum atomic E-state index is 4.45. The number of hydrogen-bond acceptors (Lipinski definition) is 2. The van der Waals surface area contributed by atoms with Gasteiger partial charge < -0.3 is 4.98 Å². The van der Waals surface area contributed by atoms with Crippen molar-refractivity contribution in [3.8, 4) is 17.2 Å². The van der Waals surface area contributed by atoms with Crippen LogP contribution in [0.2, 0.25) is 0 Å². The van der Waals surface area contributed by atoms with Gasteiger partial charge in [-0.15, -0.1) is 0 Å². The van der Waals surface area contributed by atoms with Gasteiger partial charge in [-0.3, -0.25) is 0 Å². The van der Waals surface area contributed by atoms with Gasteiger partial charge in [0.05, 0.1) is 5.69 Å². The first kappa shape index (κ1) is 8.91. The van der Waals surface area contributed by atoms with Crippen molar-refractivity contribution < 1.29 is 0 Å². The molecule has 0 radical (unpaired) electrons. The second-order valence-electron chi connectivity index (χ2n) is 3.42. The maximum Gasteiger partial charge on any atom is 0.157 e. The number of aromatic nitrogens is 4. The van der Waals surface area contributed by atoms with Crippen molar-refractivity contribution in [3.05, 3.63) is 55.0 Å². The summed E-state index contributed by atoms with van der Waals surface area (Å²) in [6.07, 6.45) is 5.43. The molecule has 0 spiro atoms. The highest BCUT2D eigenvalue weighted by molar-refractivity contribution is 5.48. The highest BCUT2D eigenvalue weighted by Crippen LogP contribution is 2.13. The Morgan fingerprint density at radius 3 is 2.69 bits per heavy atom. The standard InChI is InChI=1S/C12H10N4/c1-2-4-10(5-3-1)16-9-6-11(15-16)12-13-7-8-14-12/h1-9H,(H,13,14). The molecule has 78 valence electrons. The molecule has 4 nitrogen and oxygen atoms in total. The van der Waals surface area contributed by atoms with Gasteiger partial charge in [-0.25, -0.2) is 9.67 Å². The number of nitrogens with one attached hydrogen (secondary N) is 1. The Bertz CT molecular complexity index is 566. The molecule has 0 amide bonds. The number of rotatable bonds is 2. The van der Waals surface area contributed by atoms with E-state index in [2.05, 4.69) is 15.1 Å². The molecule has 3 aromatic rings. The second-order valence-corrected chi connectivity index (χ2v) is 3.42. The second kappa shape index (κ2) is 3.66. The van der Waals surface area contributed by atoms with Crippen LogP contribution in [0.3, 0.4) is 0 Å². The van der Waals surface area contributed by atoms with E-state index in [1.54, 1.807) is 12.4 Å². The SMILES string of the molecule is c1ccc(-n2ccc(-c3ncc[nH]3)n2)cc1. The molecule has 1 N–H and O–H groups in total. The predicted octanol–water partition coefficient (Wildman–Crippen LogP) is 2.26. The van der Waals surface area contributed by atoms with Crippen LogP contribution < -0.4 is 0 Å². The molecule has 0 aliphatic heterocycles. The van der Waals surface area contributed by atoms with Gasteiger partial charge in [-0.1, -0.05) is 18.2 Å². The fraction of sp³-hybridized carbons (Fsp3) is 0. The zero-order valence-electron chi connectivity index (χ0n) is 8.54. The van der Waals surface area contributed by atoms with E-state index in [0.29, 0.717) is 0 Å². The van der Waals surface area contributed by atoms with Crippen molar-refractivity contribution in [3.63, 3.8) is 0 Å². The topological polar surface area (TPSA) is 46.5 Å². The van der Waals surface area contributed by atoms with Crippen LogP contribution in [0.4, 0.5) is 0 Å². The van der Waals surface area contributed by atoms with E-state index in [0.717, 1.165) is 17.2 Å². The van der Waals surface area contributed by atoms with Crippen LogP contribution in [-0.2, 0) is 0 Å². The van der Waals surface area contributed by atoms with Gasteiger partial charge in [-0.2, -0.15) is 5.10 Å². The first-order valence-corrected chi connectivity index (χ1v) is 5.04. The lowest BCUT2D eigenvalue weighted by molar-refractivity contribution is 0.881. The Hall–Kier alpha value is -2.36. The molecule has 0 saturated heterocycles. The summed E-state index contributed by atoms with van der Waals surface area (Å²) in [7, 11) is 0. The van der Waals surface area contributed by atoms with Crippen LogP contribution in [0.1, 0.15) is 0 Å². The van der Waals surface area contributed by atoms with E-state index < -0.39 is 0 Å². The minimum atomic E-state index is 0.787. The van der Waals surface area contributed by atoms with Crippen molar-refractivity contribution in [2.75, 3.05) is 0 Å². The van der Waals surface area contributed by atoms with Crippen LogP contribution in [-0.4, -0.2) is 19.7 Å². The average Bonchev–Trinajstić information content (AvgIpc) is 3.01. The number of nitrogens with zero attached hydrogens (tertiary/aromatic N) is 3. The number of benzene rings is 1. The van der Waals surface area contributed by atoms with E-state index in [9.17, 15) is 0 Å². The zero-order valence-corrected chi connectivity index (χ0v) is 8.54. The van der Waals surface area contributed by atoms with E-state index >= 15 is 0 Å². The molecular formula is C12H10N4. The Balaban J connectivity index is 2.00. The summed E-state index contributed by atoms with van der Waals surface area (Å²) in [6.45, 7) is 0. The monoisotopic (exact) mass is 210 g/mol. The molecule has 1 aromatic carbocycles. The van der Waals surface area contributed by atoms with Crippen LogP contribution in [0.15, 0.2) is 55.0 Å². The van der Waals surface area contributed by atoms with Gasteiger partial charge in [-0.05, 0) is 18.2 Å². The lowest BCUT2D eigenvalue weighted by Gasteiger charge is -1.98. The van der Waals surface area contributed by atoms with Crippen LogP contribution in [0.5, 0.6) is 0 Å². The quantitative estimate of drug-likeness (QED) is 0.705. The molecule has 2 aromatic heterocycles. The molecule has 0 unspecified atom stereocenters. The van der Waals surface area contributed by atoms with Crippen LogP contribution in [0, 0.1) is 0 Å². The summed E-state index contributed by atoms with van der Waals surface area (Å²) < 4.78 is 1.83. The highest BCUT2D eigenvalue weighted by Gasteiger charge is 2.04. The van der Waals surface area contributed by atoms with Gasteiger partial charge in [0.1, 0.15) is 5.69 Å². The van der Waals surface area contributed by atoms with Gasteiger partial charge in [0, 0.05) is 18.6 Å². The molecule has 3 rings (SSSR count). The molecule has 2 heterocycles. The van der Waals surface area contributed by atoms with Gasteiger partial charge >= 0.3 is 0 Å². The number of hydrogen-bond donors (Lipinski definition) is 1. The minimum Gasteiger partial charge on any atom is -0.343 e. The molecular weight excluding hydrogens is 200 g/mol. The first-order valence-electron chi connectivity index (χ1n) is 5.04. The largest absolute Gasteiger partial charge is 0.343 e. The van der Waals surface area contributed by atoms with Gasteiger partial charge in [0.15, 0.2) is 5.82 Å².